The van der Waals surface area contributed by atoms with Crippen LogP contribution in [0.3, 0.4) is 0 Å². The SMILES string of the molecule is CC(C)(CO)[C@@H](O)C(=O)NCCCC(=O)NCC1CCCCC1. The first-order valence-corrected chi connectivity index (χ1v) is 8.70. The van der Waals surface area contributed by atoms with E-state index in [1.807, 2.05) is 0 Å². The zero-order chi connectivity index (χ0) is 17.3. The molecule has 1 atom stereocenters. The maximum Gasteiger partial charge on any atom is 0.249 e. The van der Waals surface area contributed by atoms with Crippen LogP contribution in [0.15, 0.2) is 0 Å². The lowest BCUT2D eigenvalue weighted by molar-refractivity contribution is -0.137. The van der Waals surface area contributed by atoms with Crippen molar-refractivity contribution in [2.45, 2.75) is 64.9 Å². The van der Waals surface area contributed by atoms with Crippen molar-refractivity contribution in [2.24, 2.45) is 11.3 Å². The van der Waals surface area contributed by atoms with Gasteiger partial charge < -0.3 is 20.8 Å². The minimum atomic E-state index is -1.26. The number of nitrogens with one attached hydrogen (secondary N) is 2. The van der Waals surface area contributed by atoms with Gasteiger partial charge >= 0.3 is 0 Å². The summed E-state index contributed by atoms with van der Waals surface area (Å²) in [5.41, 5.74) is -0.874. The highest BCUT2D eigenvalue weighted by Gasteiger charge is 2.32. The monoisotopic (exact) mass is 328 g/mol. The normalized spacial score (nSPS) is 17.6. The highest BCUT2D eigenvalue weighted by atomic mass is 16.3. The van der Waals surface area contributed by atoms with Crippen LogP contribution in [0.4, 0.5) is 0 Å². The molecule has 1 rings (SSSR count). The minimum absolute atomic E-state index is 0.0149. The molecule has 0 aromatic rings. The van der Waals surface area contributed by atoms with Crippen LogP contribution in [0, 0.1) is 11.3 Å². The number of amides is 2. The smallest absolute Gasteiger partial charge is 0.249 e. The fraction of sp³-hybridized carbons (Fsp3) is 0.882. The molecule has 0 aliphatic heterocycles. The standard InChI is InChI=1S/C17H32N2O4/c1-17(2,12-20)15(22)16(23)18-10-6-9-14(21)19-11-13-7-4-3-5-8-13/h13,15,20,22H,3-12H2,1-2H3,(H,18,23)(H,19,21)/t15-/m0/s1. The summed E-state index contributed by atoms with van der Waals surface area (Å²) < 4.78 is 0. The summed E-state index contributed by atoms with van der Waals surface area (Å²) in [7, 11) is 0. The summed E-state index contributed by atoms with van der Waals surface area (Å²) in [6, 6.07) is 0. The third kappa shape index (κ3) is 7.31. The van der Waals surface area contributed by atoms with Crippen molar-refractivity contribution in [1.29, 1.82) is 0 Å². The first-order valence-electron chi connectivity index (χ1n) is 8.70. The van der Waals surface area contributed by atoms with Crippen LogP contribution in [-0.2, 0) is 9.59 Å². The fourth-order valence-electron chi connectivity index (χ4n) is 2.74. The molecule has 6 nitrogen and oxygen atoms in total. The van der Waals surface area contributed by atoms with Crippen molar-refractivity contribution in [3.05, 3.63) is 0 Å². The highest BCUT2D eigenvalue weighted by Crippen LogP contribution is 2.22. The summed E-state index contributed by atoms with van der Waals surface area (Å²) in [5.74, 6) is 0.121. The Hall–Kier alpha value is -1.14. The van der Waals surface area contributed by atoms with E-state index in [0.29, 0.717) is 25.3 Å². The van der Waals surface area contributed by atoms with E-state index in [0.717, 1.165) is 6.54 Å². The first kappa shape index (κ1) is 19.9. The van der Waals surface area contributed by atoms with Gasteiger partial charge in [-0.15, -0.1) is 0 Å². The summed E-state index contributed by atoms with van der Waals surface area (Å²) >= 11 is 0. The molecule has 1 aliphatic rings. The Balaban J connectivity index is 2.11. The lowest BCUT2D eigenvalue weighted by Gasteiger charge is -2.27. The molecule has 2 amide bonds. The molecule has 134 valence electrons. The zero-order valence-corrected chi connectivity index (χ0v) is 14.4. The summed E-state index contributed by atoms with van der Waals surface area (Å²) in [6.45, 7) is 4.07. The van der Waals surface area contributed by atoms with Crippen LogP contribution in [-0.4, -0.2) is 47.8 Å². The first-order chi connectivity index (χ1) is 10.9. The van der Waals surface area contributed by atoms with Crippen LogP contribution in [0.1, 0.15) is 58.8 Å². The Bertz CT molecular complexity index is 379. The molecular weight excluding hydrogens is 296 g/mol. The number of aliphatic hydroxyl groups excluding tert-OH is 2. The van der Waals surface area contributed by atoms with Gasteiger partial charge in [0.2, 0.25) is 11.8 Å². The second-order valence-electron chi connectivity index (χ2n) is 7.25. The Labute approximate surface area is 139 Å². The molecular formula is C17H32N2O4. The number of aliphatic hydroxyl groups is 2. The van der Waals surface area contributed by atoms with E-state index in [1.54, 1.807) is 13.8 Å². The summed E-state index contributed by atoms with van der Waals surface area (Å²) in [4.78, 5) is 23.5. The van der Waals surface area contributed by atoms with Crippen LogP contribution >= 0.6 is 0 Å². The maximum absolute atomic E-state index is 11.8. The van der Waals surface area contributed by atoms with Gasteiger partial charge in [-0.3, -0.25) is 9.59 Å². The Morgan fingerprint density at radius 1 is 1.17 bits per heavy atom. The molecule has 0 bridgehead atoms. The van der Waals surface area contributed by atoms with Crippen molar-refractivity contribution in [3.8, 4) is 0 Å². The zero-order valence-electron chi connectivity index (χ0n) is 14.4. The Morgan fingerprint density at radius 2 is 1.83 bits per heavy atom. The minimum Gasteiger partial charge on any atom is -0.396 e. The third-order valence-corrected chi connectivity index (χ3v) is 4.59. The Morgan fingerprint density at radius 3 is 2.43 bits per heavy atom. The summed E-state index contributed by atoms with van der Waals surface area (Å²) in [5, 5.41) is 24.5. The molecule has 1 aliphatic carbocycles. The molecule has 23 heavy (non-hydrogen) atoms. The predicted molar refractivity (Wildman–Crippen MR) is 88.7 cm³/mol. The molecule has 0 unspecified atom stereocenters. The Kier molecular flexibility index (Phi) is 8.55. The second-order valence-corrected chi connectivity index (χ2v) is 7.25. The topological polar surface area (TPSA) is 98.7 Å². The lowest BCUT2D eigenvalue weighted by Crippen LogP contribution is -2.45. The van der Waals surface area contributed by atoms with E-state index < -0.39 is 17.4 Å². The molecule has 0 heterocycles. The molecule has 0 aromatic heterocycles. The number of carbonyl (C=O) groups is 2. The van der Waals surface area contributed by atoms with Crippen LogP contribution in [0.2, 0.25) is 0 Å². The number of hydrogen-bond acceptors (Lipinski definition) is 4. The van der Waals surface area contributed by atoms with Crippen LogP contribution in [0.25, 0.3) is 0 Å². The van der Waals surface area contributed by atoms with Gasteiger partial charge in [-0.1, -0.05) is 33.1 Å². The van der Waals surface area contributed by atoms with E-state index in [9.17, 15) is 14.7 Å². The van der Waals surface area contributed by atoms with Crippen molar-refractivity contribution in [3.63, 3.8) is 0 Å². The van der Waals surface area contributed by atoms with Crippen LogP contribution in [0.5, 0.6) is 0 Å². The van der Waals surface area contributed by atoms with E-state index >= 15 is 0 Å². The van der Waals surface area contributed by atoms with E-state index in [1.165, 1.54) is 32.1 Å². The average Bonchev–Trinajstić information content (AvgIpc) is 2.56. The van der Waals surface area contributed by atoms with Gasteiger partial charge in [0.05, 0.1) is 6.61 Å². The van der Waals surface area contributed by atoms with E-state index in [-0.39, 0.29) is 12.5 Å². The van der Waals surface area contributed by atoms with Crippen molar-refractivity contribution in [1.82, 2.24) is 10.6 Å². The number of rotatable bonds is 9. The highest BCUT2D eigenvalue weighted by molar-refractivity contribution is 5.81. The van der Waals surface area contributed by atoms with Crippen molar-refractivity contribution >= 4 is 11.8 Å². The molecule has 4 N–H and O–H groups in total. The predicted octanol–water partition coefficient (Wildman–Crippen LogP) is 0.959. The molecule has 0 aromatic carbocycles. The van der Waals surface area contributed by atoms with Crippen molar-refractivity contribution < 1.29 is 19.8 Å². The molecule has 1 saturated carbocycles. The quantitative estimate of drug-likeness (QED) is 0.474. The van der Waals surface area contributed by atoms with Gasteiger partial charge in [-0.05, 0) is 25.2 Å². The molecule has 1 fully saturated rings. The molecule has 6 heteroatoms. The second kappa shape index (κ2) is 9.88. The van der Waals surface area contributed by atoms with Gasteiger partial charge in [-0.2, -0.15) is 0 Å². The van der Waals surface area contributed by atoms with Gasteiger partial charge in [0.25, 0.3) is 0 Å². The number of hydrogen-bond donors (Lipinski definition) is 4. The molecule has 0 radical (unpaired) electrons. The van der Waals surface area contributed by atoms with Gasteiger partial charge in [0.15, 0.2) is 0 Å². The van der Waals surface area contributed by atoms with Crippen molar-refractivity contribution in [2.75, 3.05) is 19.7 Å². The maximum atomic E-state index is 11.8. The molecule has 0 spiro atoms. The van der Waals surface area contributed by atoms with E-state index in [2.05, 4.69) is 10.6 Å². The largest absolute Gasteiger partial charge is 0.396 e. The fourth-order valence-corrected chi connectivity index (χ4v) is 2.74. The van der Waals surface area contributed by atoms with Gasteiger partial charge in [-0.25, -0.2) is 0 Å². The molecule has 0 saturated heterocycles. The van der Waals surface area contributed by atoms with Gasteiger partial charge in [0.1, 0.15) is 6.10 Å². The van der Waals surface area contributed by atoms with Crippen LogP contribution < -0.4 is 10.6 Å². The average molecular weight is 328 g/mol. The third-order valence-electron chi connectivity index (χ3n) is 4.59. The number of carbonyl (C=O) groups excluding carboxylic acids is 2. The summed E-state index contributed by atoms with van der Waals surface area (Å²) in [6.07, 6.45) is 5.89. The lowest BCUT2D eigenvalue weighted by atomic mass is 9.87. The van der Waals surface area contributed by atoms with Gasteiger partial charge in [0, 0.05) is 24.9 Å². The van der Waals surface area contributed by atoms with E-state index in [4.69, 9.17) is 5.11 Å².